The van der Waals surface area contributed by atoms with E-state index >= 15 is 0 Å². The van der Waals surface area contributed by atoms with Crippen LogP contribution in [-0.2, 0) is 4.79 Å². The van der Waals surface area contributed by atoms with Gasteiger partial charge >= 0.3 is 0 Å². The lowest BCUT2D eigenvalue weighted by Crippen LogP contribution is -2.50. The van der Waals surface area contributed by atoms with Crippen LogP contribution >= 0.6 is 0 Å². The van der Waals surface area contributed by atoms with Gasteiger partial charge in [-0.2, -0.15) is 0 Å². The fraction of sp³-hybridized carbons (Fsp3) is 0.976. The summed E-state index contributed by atoms with van der Waals surface area (Å²) in [6.45, 7) is 4.17. The average Bonchev–Trinajstić information content (AvgIpc) is 3.07. The molecule has 4 N–H and O–H groups in total. The third-order valence-electron chi connectivity index (χ3n) is 10.2. The van der Waals surface area contributed by atoms with Crippen LogP contribution < -0.4 is 5.32 Å². The van der Waals surface area contributed by atoms with E-state index in [2.05, 4.69) is 19.2 Å². The van der Waals surface area contributed by atoms with Crippen molar-refractivity contribution in [2.24, 2.45) is 0 Å². The van der Waals surface area contributed by atoms with E-state index < -0.39 is 18.2 Å². The van der Waals surface area contributed by atoms with Crippen LogP contribution in [0.15, 0.2) is 0 Å². The third-order valence-corrected chi connectivity index (χ3v) is 10.2. The van der Waals surface area contributed by atoms with E-state index in [4.69, 9.17) is 0 Å². The zero-order chi connectivity index (χ0) is 34.5. The fourth-order valence-corrected chi connectivity index (χ4v) is 6.87. The van der Waals surface area contributed by atoms with Crippen LogP contribution in [-0.4, -0.2) is 46.1 Å². The Kier molecular flexibility index (Phi) is 37.6. The Balaban J connectivity index is 3.52. The topological polar surface area (TPSA) is 89.8 Å². The Bertz CT molecular complexity index is 615. The molecule has 0 aliphatic carbocycles. The van der Waals surface area contributed by atoms with Crippen molar-refractivity contribution in [3.05, 3.63) is 0 Å². The minimum Gasteiger partial charge on any atom is -0.394 e. The van der Waals surface area contributed by atoms with Crippen LogP contribution in [0.4, 0.5) is 0 Å². The van der Waals surface area contributed by atoms with Gasteiger partial charge < -0.3 is 20.6 Å². The number of hydrogen-bond acceptors (Lipinski definition) is 4. The molecular formula is C42H85NO4. The van der Waals surface area contributed by atoms with Crippen molar-refractivity contribution in [3.8, 4) is 0 Å². The van der Waals surface area contributed by atoms with E-state index in [1.165, 1.54) is 173 Å². The number of hydrogen-bond donors (Lipinski definition) is 4. The Morgan fingerprint density at radius 3 is 1.02 bits per heavy atom. The van der Waals surface area contributed by atoms with Crippen molar-refractivity contribution in [3.63, 3.8) is 0 Å². The molecule has 0 unspecified atom stereocenters. The maximum Gasteiger partial charge on any atom is 0.220 e. The summed E-state index contributed by atoms with van der Waals surface area (Å²) in [5.74, 6) is -0.141. The molecule has 0 radical (unpaired) electrons. The summed E-state index contributed by atoms with van der Waals surface area (Å²) in [4.78, 5) is 12.4. The molecule has 0 saturated heterocycles. The zero-order valence-corrected chi connectivity index (χ0v) is 31.9. The van der Waals surface area contributed by atoms with Gasteiger partial charge in [0.1, 0.15) is 6.10 Å². The molecule has 0 fully saturated rings. The number of unbranched alkanes of at least 4 members (excludes halogenated alkanes) is 31. The highest BCUT2D eigenvalue weighted by atomic mass is 16.3. The van der Waals surface area contributed by atoms with E-state index in [9.17, 15) is 20.1 Å². The minimum absolute atomic E-state index is 0.141. The summed E-state index contributed by atoms with van der Waals surface area (Å²) in [7, 11) is 0. The Morgan fingerprint density at radius 1 is 0.447 bits per heavy atom. The van der Waals surface area contributed by atoms with Gasteiger partial charge in [-0.3, -0.25) is 4.79 Å². The second kappa shape index (κ2) is 38.2. The fourth-order valence-electron chi connectivity index (χ4n) is 6.87. The summed E-state index contributed by atoms with van der Waals surface area (Å²) >= 11 is 0. The highest BCUT2D eigenvalue weighted by Gasteiger charge is 2.26. The first kappa shape index (κ1) is 46.4. The summed E-state index contributed by atoms with van der Waals surface area (Å²) in [5.41, 5.74) is 0. The molecule has 3 atom stereocenters. The minimum atomic E-state index is -1.13. The third kappa shape index (κ3) is 33.6. The Hall–Kier alpha value is -0.650. The molecule has 0 aromatic carbocycles. The largest absolute Gasteiger partial charge is 0.394 e. The van der Waals surface area contributed by atoms with E-state index in [1.54, 1.807) is 0 Å². The van der Waals surface area contributed by atoms with Gasteiger partial charge in [-0.05, 0) is 12.8 Å². The normalized spacial score (nSPS) is 13.6. The van der Waals surface area contributed by atoms with Crippen molar-refractivity contribution in [1.82, 2.24) is 5.32 Å². The monoisotopic (exact) mass is 668 g/mol. The number of aliphatic hydroxyl groups excluding tert-OH is 3. The molecule has 0 rings (SSSR count). The Morgan fingerprint density at radius 2 is 0.723 bits per heavy atom. The second-order valence-electron chi connectivity index (χ2n) is 14.9. The number of aliphatic hydroxyl groups is 3. The van der Waals surface area contributed by atoms with Crippen LogP contribution in [0.25, 0.3) is 0 Å². The van der Waals surface area contributed by atoms with Crippen molar-refractivity contribution in [1.29, 1.82) is 0 Å². The molecule has 0 aromatic heterocycles. The van der Waals surface area contributed by atoms with Crippen LogP contribution in [0.3, 0.4) is 0 Å². The quantitative estimate of drug-likeness (QED) is 0.0491. The molecule has 282 valence electrons. The SMILES string of the molecule is CCCCCCCCCCCCCCCCCCCCCCCCCC(=O)N[C@@H](CO)[C@H](O)[C@H](O)CCCCCCCCCCCC. The lowest BCUT2D eigenvalue weighted by molar-refractivity contribution is -0.124. The summed E-state index contributed by atoms with van der Waals surface area (Å²) in [5, 5.41) is 33.4. The molecule has 0 aliphatic rings. The molecule has 0 aromatic rings. The molecule has 0 saturated carbocycles. The Labute approximate surface area is 294 Å². The molecule has 0 bridgehead atoms. The second-order valence-corrected chi connectivity index (χ2v) is 14.9. The molecule has 47 heavy (non-hydrogen) atoms. The van der Waals surface area contributed by atoms with Gasteiger partial charge in [-0.25, -0.2) is 0 Å². The molecule has 1 amide bonds. The lowest BCUT2D eigenvalue weighted by atomic mass is 9.99. The van der Waals surface area contributed by atoms with Crippen LogP contribution in [0.2, 0.25) is 0 Å². The van der Waals surface area contributed by atoms with Crippen LogP contribution in [0, 0.1) is 0 Å². The molecule has 5 heteroatoms. The number of rotatable bonds is 39. The first-order chi connectivity index (χ1) is 23.1. The molecule has 0 aliphatic heterocycles. The molecular weight excluding hydrogens is 582 g/mol. The van der Waals surface area contributed by atoms with Crippen molar-refractivity contribution in [2.75, 3.05) is 6.61 Å². The van der Waals surface area contributed by atoms with Crippen molar-refractivity contribution >= 4 is 5.91 Å². The van der Waals surface area contributed by atoms with Gasteiger partial charge in [-0.1, -0.05) is 219 Å². The highest BCUT2D eigenvalue weighted by molar-refractivity contribution is 5.76. The van der Waals surface area contributed by atoms with E-state index in [-0.39, 0.29) is 12.5 Å². The zero-order valence-electron chi connectivity index (χ0n) is 31.9. The van der Waals surface area contributed by atoms with Gasteiger partial charge in [0.15, 0.2) is 0 Å². The van der Waals surface area contributed by atoms with Gasteiger partial charge in [0.25, 0.3) is 0 Å². The summed E-state index contributed by atoms with van der Waals surface area (Å²) in [6, 6.07) is -0.801. The average molecular weight is 668 g/mol. The summed E-state index contributed by atoms with van der Waals surface area (Å²) < 4.78 is 0. The first-order valence-electron chi connectivity index (χ1n) is 21.3. The number of carbonyl (C=O) groups is 1. The number of amides is 1. The van der Waals surface area contributed by atoms with Gasteiger partial charge in [-0.15, -0.1) is 0 Å². The van der Waals surface area contributed by atoms with Crippen molar-refractivity contribution < 1.29 is 20.1 Å². The predicted octanol–water partition coefficient (Wildman–Crippen LogP) is 11.9. The highest BCUT2D eigenvalue weighted by Crippen LogP contribution is 2.17. The van der Waals surface area contributed by atoms with Gasteiger partial charge in [0.2, 0.25) is 5.91 Å². The van der Waals surface area contributed by atoms with Crippen LogP contribution in [0.1, 0.15) is 239 Å². The summed E-state index contributed by atoms with van der Waals surface area (Å²) in [6.07, 6.45) is 42.2. The van der Waals surface area contributed by atoms with E-state index in [0.29, 0.717) is 12.8 Å². The molecule has 0 spiro atoms. The smallest absolute Gasteiger partial charge is 0.220 e. The van der Waals surface area contributed by atoms with Crippen LogP contribution in [0.5, 0.6) is 0 Å². The van der Waals surface area contributed by atoms with Crippen molar-refractivity contribution in [2.45, 2.75) is 257 Å². The van der Waals surface area contributed by atoms with Gasteiger partial charge in [0.05, 0.1) is 18.8 Å². The van der Waals surface area contributed by atoms with Gasteiger partial charge in [0, 0.05) is 6.42 Å². The van der Waals surface area contributed by atoms with E-state index in [0.717, 1.165) is 38.5 Å². The maximum absolute atomic E-state index is 12.4. The maximum atomic E-state index is 12.4. The van der Waals surface area contributed by atoms with E-state index in [1.807, 2.05) is 0 Å². The molecule has 5 nitrogen and oxygen atoms in total. The lowest BCUT2D eigenvalue weighted by Gasteiger charge is -2.26. The number of carbonyl (C=O) groups excluding carboxylic acids is 1. The number of nitrogens with one attached hydrogen (secondary N) is 1. The predicted molar refractivity (Wildman–Crippen MR) is 204 cm³/mol. The first-order valence-corrected chi connectivity index (χ1v) is 21.3. The molecule has 0 heterocycles. The standard InChI is InChI=1S/C42H85NO4/c1-3-5-7-9-11-13-15-16-17-18-19-20-21-22-23-24-25-26-27-29-31-33-35-37-41(46)43-39(38-44)42(47)40(45)36-34-32-30-28-14-12-10-8-6-4-2/h39-40,42,44-45,47H,3-38H2,1-2H3,(H,43,46)/t39-,40+,42-/m0/s1.